The molecule has 0 saturated carbocycles. The van der Waals surface area contributed by atoms with Crippen LogP contribution in [0.1, 0.15) is 10.4 Å². The van der Waals surface area contributed by atoms with Crippen LogP contribution in [0.3, 0.4) is 0 Å². The van der Waals surface area contributed by atoms with Crippen molar-refractivity contribution >= 4 is 11.6 Å². The van der Waals surface area contributed by atoms with E-state index in [9.17, 15) is 13.6 Å². The molecule has 7 heteroatoms. The number of nitrogens with one attached hydrogen (secondary N) is 1. The summed E-state index contributed by atoms with van der Waals surface area (Å²) in [6.07, 6.45) is 0. The average molecular weight is 425 g/mol. The van der Waals surface area contributed by atoms with Gasteiger partial charge in [0.05, 0.1) is 12.2 Å². The molecular formula is C24H21F2NO4. The predicted octanol–water partition coefficient (Wildman–Crippen LogP) is 4.79. The summed E-state index contributed by atoms with van der Waals surface area (Å²) in [6, 6.07) is 16.4. The highest BCUT2D eigenvalue weighted by Gasteiger charge is 2.14. The van der Waals surface area contributed by atoms with Crippen molar-refractivity contribution in [2.45, 2.75) is 0 Å². The Morgan fingerprint density at radius 1 is 1.00 bits per heavy atom. The van der Waals surface area contributed by atoms with Gasteiger partial charge >= 0.3 is 0 Å². The van der Waals surface area contributed by atoms with Gasteiger partial charge in [-0.25, -0.2) is 8.78 Å². The van der Waals surface area contributed by atoms with Crippen molar-refractivity contribution in [3.8, 4) is 16.9 Å². The molecule has 0 heterocycles. The van der Waals surface area contributed by atoms with Gasteiger partial charge in [0.15, 0.2) is 0 Å². The Morgan fingerprint density at radius 2 is 1.77 bits per heavy atom. The van der Waals surface area contributed by atoms with Crippen LogP contribution in [-0.4, -0.2) is 30.8 Å². The van der Waals surface area contributed by atoms with E-state index in [1.807, 2.05) is 0 Å². The fraction of sp³-hybridized carbons (Fsp3) is 0.125. The summed E-state index contributed by atoms with van der Waals surface area (Å²) in [5, 5.41) is 11.4. The van der Waals surface area contributed by atoms with Gasteiger partial charge in [0.2, 0.25) is 0 Å². The van der Waals surface area contributed by atoms with Crippen LogP contribution < -0.4 is 10.1 Å². The molecule has 0 spiro atoms. The molecule has 5 nitrogen and oxygen atoms in total. The molecule has 0 aliphatic rings. The number of halogens is 2. The second-order valence-electron chi connectivity index (χ2n) is 6.59. The Hall–Kier alpha value is -3.71. The highest BCUT2D eigenvalue weighted by Crippen LogP contribution is 2.24. The smallest absolute Gasteiger partial charge is 0.258 e. The van der Waals surface area contributed by atoms with E-state index in [0.29, 0.717) is 28.3 Å². The standard InChI is InChI=1S/C24H21F2NO4/c1-16(30-11-10-28)15-31-21-7-3-6-20(14-21)27-24(29)22-13-18(8-9-23(22)26)17-4-2-5-19(25)12-17/h2-9,12-14,28H,1,10-11,15H2,(H,27,29). The van der Waals surface area contributed by atoms with Crippen LogP contribution in [0.15, 0.2) is 79.1 Å². The van der Waals surface area contributed by atoms with Gasteiger partial charge in [-0.2, -0.15) is 0 Å². The first-order valence-corrected chi connectivity index (χ1v) is 9.47. The van der Waals surface area contributed by atoms with E-state index >= 15 is 0 Å². The number of ether oxygens (including phenoxy) is 2. The first-order valence-electron chi connectivity index (χ1n) is 9.47. The van der Waals surface area contributed by atoms with Crippen LogP contribution in [0.5, 0.6) is 5.75 Å². The number of aliphatic hydroxyl groups excluding tert-OH is 1. The van der Waals surface area contributed by atoms with Crippen LogP contribution in [-0.2, 0) is 4.74 Å². The molecule has 0 saturated heterocycles. The van der Waals surface area contributed by atoms with Crippen molar-refractivity contribution in [2.24, 2.45) is 0 Å². The van der Waals surface area contributed by atoms with Gasteiger partial charge in [0.1, 0.15) is 36.4 Å². The Morgan fingerprint density at radius 3 is 2.55 bits per heavy atom. The summed E-state index contributed by atoms with van der Waals surface area (Å²) in [7, 11) is 0. The lowest BCUT2D eigenvalue weighted by Crippen LogP contribution is -2.14. The van der Waals surface area contributed by atoms with E-state index in [0.717, 1.165) is 0 Å². The van der Waals surface area contributed by atoms with Gasteiger partial charge in [0, 0.05) is 11.8 Å². The van der Waals surface area contributed by atoms with E-state index in [4.69, 9.17) is 14.6 Å². The van der Waals surface area contributed by atoms with E-state index in [-0.39, 0.29) is 25.4 Å². The molecule has 1 amide bonds. The van der Waals surface area contributed by atoms with E-state index in [2.05, 4.69) is 11.9 Å². The Balaban J connectivity index is 1.71. The highest BCUT2D eigenvalue weighted by molar-refractivity contribution is 6.05. The molecule has 0 aromatic heterocycles. The summed E-state index contributed by atoms with van der Waals surface area (Å²) >= 11 is 0. The largest absolute Gasteiger partial charge is 0.493 e. The number of anilines is 1. The van der Waals surface area contributed by atoms with Gasteiger partial charge in [-0.1, -0.05) is 30.8 Å². The summed E-state index contributed by atoms with van der Waals surface area (Å²) in [5.41, 5.74) is 1.29. The summed E-state index contributed by atoms with van der Waals surface area (Å²) in [4.78, 5) is 12.7. The molecular weight excluding hydrogens is 404 g/mol. The number of carbonyl (C=O) groups excluding carboxylic acids is 1. The van der Waals surface area contributed by atoms with Gasteiger partial charge in [0.25, 0.3) is 5.91 Å². The normalized spacial score (nSPS) is 10.4. The van der Waals surface area contributed by atoms with Crippen LogP contribution in [0.2, 0.25) is 0 Å². The molecule has 160 valence electrons. The maximum atomic E-state index is 14.3. The molecule has 3 rings (SSSR count). The van der Waals surface area contributed by atoms with E-state index < -0.39 is 17.5 Å². The average Bonchev–Trinajstić information content (AvgIpc) is 2.76. The first kappa shape index (κ1) is 22.0. The summed E-state index contributed by atoms with van der Waals surface area (Å²) in [5.74, 6) is -0.972. The molecule has 0 atom stereocenters. The lowest BCUT2D eigenvalue weighted by molar-refractivity contribution is 0.102. The molecule has 0 bridgehead atoms. The van der Waals surface area contributed by atoms with Crippen LogP contribution >= 0.6 is 0 Å². The lowest BCUT2D eigenvalue weighted by Gasteiger charge is -2.12. The highest BCUT2D eigenvalue weighted by atomic mass is 19.1. The number of rotatable bonds is 9. The van der Waals surface area contributed by atoms with Crippen molar-refractivity contribution in [2.75, 3.05) is 25.1 Å². The zero-order valence-electron chi connectivity index (χ0n) is 16.6. The van der Waals surface area contributed by atoms with Crippen molar-refractivity contribution in [1.29, 1.82) is 0 Å². The number of hydrogen-bond donors (Lipinski definition) is 2. The molecule has 0 aliphatic carbocycles. The molecule has 3 aromatic rings. The quantitative estimate of drug-likeness (QED) is 0.484. The molecule has 0 unspecified atom stereocenters. The molecule has 0 radical (unpaired) electrons. The van der Waals surface area contributed by atoms with Crippen molar-refractivity contribution in [3.05, 3.63) is 96.3 Å². The zero-order valence-corrected chi connectivity index (χ0v) is 16.6. The zero-order chi connectivity index (χ0) is 22.2. The summed E-state index contributed by atoms with van der Waals surface area (Å²) < 4.78 is 38.5. The minimum absolute atomic E-state index is 0.0711. The Bertz CT molecular complexity index is 1080. The minimum Gasteiger partial charge on any atom is -0.493 e. The molecule has 0 fully saturated rings. The third-order valence-corrected chi connectivity index (χ3v) is 4.26. The third-order valence-electron chi connectivity index (χ3n) is 4.26. The number of amides is 1. The van der Waals surface area contributed by atoms with E-state index in [1.165, 1.54) is 30.3 Å². The van der Waals surface area contributed by atoms with E-state index in [1.54, 1.807) is 36.4 Å². The Labute approximate surface area is 178 Å². The van der Waals surface area contributed by atoms with Crippen molar-refractivity contribution in [1.82, 2.24) is 0 Å². The number of carbonyl (C=O) groups is 1. The fourth-order valence-corrected chi connectivity index (χ4v) is 2.80. The van der Waals surface area contributed by atoms with Crippen molar-refractivity contribution < 1.29 is 28.2 Å². The van der Waals surface area contributed by atoms with Crippen molar-refractivity contribution in [3.63, 3.8) is 0 Å². The maximum absolute atomic E-state index is 14.3. The number of hydrogen-bond acceptors (Lipinski definition) is 4. The predicted molar refractivity (Wildman–Crippen MR) is 114 cm³/mol. The molecule has 0 aliphatic heterocycles. The maximum Gasteiger partial charge on any atom is 0.258 e. The molecule has 3 aromatic carbocycles. The SMILES string of the molecule is C=C(COc1cccc(NC(=O)c2cc(-c3cccc(F)c3)ccc2F)c1)OCCO. The second-order valence-corrected chi connectivity index (χ2v) is 6.59. The van der Waals surface area contributed by atoms with Crippen LogP contribution in [0.4, 0.5) is 14.5 Å². The first-order chi connectivity index (χ1) is 15.0. The second kappa shape index (κ2) is 10.4. The number of aliphatic hydroxyl groups is 1. The molecule has 31 heavy (non-hydrogen) atoms. The van der Waals surface area contributed by atoms with Gasteiger partial charge in [-0.3, -0.25) is 4.79 Å². The monoisotopic (exact) mass is 425 g/mol. The summed E-state index contributed by atoms with van der Waals surface area (Å²) in [6.45, 7) is 3.74. The minimum atomic E-state index is -0.692. The van der Waals surface area contributed by atoms with Crippen LogP contribution in [0.25, 0.3) is 11.1 Å². The van der Waals surface area contributed by atoms with Crippen LogP contribution in [0, 0.1) is 11.6 Å². The topological polar surface area (TPSA) is 67.8 Å². The lowest BCUT2D eigenvalue weighted by atomic mass is 10.0. The molecule has 2 N–H and O–H groups in total. The fourth-order valence-electron chi connectivity index (χ4n) is 2.80. The van der Waals surface area contributed by atoms with Gasteiger partial charge < -0.3 is 19.9 Å². The van der Waals surface area contributed by atoms with Gasteiger partial charge in [-0.05, 0) is 47.5 Å². The Kier molecular flexibility index (Phi) is 7.35. The third kappa shape index (κ3) is 6.13. The van der Waals surface area contributed by atoms with Gasteiger partial charge in [-0.15, -0.1) is 0 Å². The number of benzene rings is 3.